The van der Waals surface area contributed by atoms with Gasteiger partial charge in [-0.15, -0.1) is 0 Å². The second-order valence-corrected chi connectivity index (χ2v) is 6.84. The molecule has 0 aliphatic heterocycles. The third kappa shape index (κ3) is 6.68. The molecule has 6 heteroatoms. The molecule has 0 spiro atoms. The fraction of sp³-hybridized carbons (Fsp3) is 0.0417. The Morgan fingerprint density at radius 3 is 2.13 bits per heavy atom. The first-order valence-electron chi connectivity index (χ1n) is 9.37. The van der Waals surface area contributed by atoms with Crippen LogP contribution >= 0.6 is 12.2 Å². The first-order valence-corrected chi connectivity index (χ1v) is 9.78. The van der Waals surface area contributed by atoms with Gasteiger partial charge in [-0.2, -0.15) is 0 Å². The van der Waals surface area contributed by atoms with Crippen LogP contribution in [0.3, 0.4) is 0 Å². The Morgan fingerprint density at radius 1 is 0.833 bits per heavy atom. The molecule has 3 aromatic rings. The number of hydrogen-bond acceptors (Lipinski definition) is 3. The highest BCUT2D eigenvalue weighted by Crippen LogP contribution is 2.10. The molecule has 3 N–H and O–H groups in total. The number of thiocarbonyl (C=S) groups is 1. The Balaban J connectivity index is 1.47. The van der Waals surface area contributed by atoms with E-state index in [2.05, 4.69) is 16.0 Å². The summed E-state index contributed by atoms with van der Waals surface area (Å²) in [5.41, 5.74) is 3.17. The number of anilines is 1. The summed E-state index contributed by atoms with van der Waals surface area (Å²) in [6.45, 7) is 0.465. The number of nitrogens with one attached hydrogen (secondary N) is 3. The number of rotatable bonds is 6. The van der Waals surface area contributed by atoms with Crippen LogP contribution in [-0.4, -0.2) is 16.9 Å². The maximum absolute atomic E-state index is 12.3. The van der Waals surface area contributed by atoms with Crippen LogP contribution in [0.2, 0.25) is 0 Å². The Morgan fingerprint density at radius 2 is 1.47 bits per heavy atom. The molecule has 0 saturated heterocycles. The summed E-state index contributed by atoms with van der Waals surface area (Å²) in [5, 5.41) is 8.58. The summed E-state index contributed by atoms with van der Waals surface area (Å²) in [6.07, 6.45) is 3.13. The van der Waals surface area contributed by atoms with Gasteiger partial charge in [0.2, 0.25) is 5.91 Å². The molecule has 0 aliphatic rings. The van der Waals surface area contributed by atoms with Gasteiger partial charge in [0.25, 0.3) is 5.91 Å². The minimum absolute atomic E-state index is 0.160. The quantitative estimate of drug-likeness (QED) is 0.418. The molecule has 0 saturated carbocycles. The Hall–Kier alpha value is -3.77. The van der Waals surface area contributed by atoms with Gasteiger partial charge in [-0.3, -0.25) is 14.9 Å². The van der Waals surface area contributed by atoms with Crippen LogP contribution in [0.15, 0.2) is 91.0 Å². The van der Waals surface area contributed by atoms with E-state index in [9.17, 15) is 9.59 Å². The molecule has 3 aromatic carbocycles. The lowest BCUT2D eigenvalue weighted by molar-refractivity contribution is -0.115. The molecule has 0 radical (unpaired) electrons. The van der Waals surface area contributed by atoms with Gasteiger partial charge in [0.05, 0.1) is 0 Å². The highest BCUT2D eigenvalue weighted by Gasteiger charge is 2.06. The highest BCUT2D eigenvalue weighted by atomic mass is 32.1. The Bertz CT molecular complexity index is 1030. The average Bonchev–Trinajstić information content (AvgIpc) is 2.78. The summed E-state index contributed by atoms with van der Waals surface area (Å²) in [4.78, 5) is 24.2. The van der Waals surface area contributed by atoms with Gasteiger partial charge in [-0.25, -0.2) is 0 Å². The van der Waals surface area contributed by atoms with Crippen molar-refractivity contribution >= 4 is 40.9 Å². The summed E-state index contributed by atoms with van der Waals surface area (Å²) in [6, 6.07) is 26.1. The third-order valence-electron chi connectivity index (χ3n) is 4.16. The van der Waals surface area contributed by atoms with Crippen LogP contribution in [0.4, 0.5) is 5.69 Å². The average molecular weight is 416 g/mol. The van der Waals surface area contributed by atoms with Gasteiger partial charge < -0.3 is 10.6 Å². The standard InChI is InChI=1S/C24H21N3O2S/c28-22(16-11-18-7-3-1-4-8-18)27-24(30)26-21-14-12-20(13-15-21)23(29)25-17-19-9-5-2-6-10-19/h1-16H,17H2,(H,25,29)(H2,26,27,28,30)/b16-11+. The van der Waals surface area contributed by atoms with Crippen LogP contribution in [0.1, 0.15) is 21.5 Å². The maximum Gasteiger partial charge on any atom is 0.251 e. The molecule has 0 unspecified atom stereocenters. The van der Waals surface area contributed by atoms with Gasteiger partial charge in [0.1, 0.15) is 0 Å². The number of amides is 2. The second-order valence-electron chi connectivity index (χ2n) is 6.43. The lowest BCUT2D eigenvalue weighted by Gasteiger charge is -2.09. The van der Waals surface area contributed by atoms with Gasteiger partial charge in [0.15, 0.2) is 5.11 Å². The van der Waals surface area contributed by atoms with Crippen molar-refractivity contribution in [3.63, 3.8) is 0 Å². The van der Waals surface area contributed by atoms with Crippen molar-refractivity contribution in [1.29, 1.82) is 0 Å². The van der Waals surface area contributed by atoms with Crippen molar-refractivity contribution in [2.45, 2.75) is 6.54 Å². The predicted molar refractivity (Wildman–Crippen MR) is 124 cm³/mol. The van der Waals surface area contributed by atoms with E-state index in [0.29, 0.717) is 17.8 Å². The van der Waals surface area contributed by atoms with Crippen LogP contribution in [-0.2, 0) is 11.3 Å². The van der Waals surface area contributed by atoms with Crippen LogP contribution in [0.25, 0.3) is 6.08 Å². The van der Waals surface area contributed by atoms with E-state index in [1.54, 1.807) is 30.3 Å². The first kappa shape index (κ1) is 21.0. The molecule has 5 nitrogen and oxygen atoms in total. The highest BCUT2D eigenvalue weighted by molar-refractivity contribution is 7.80. The zero-order valence-electron chi connectivity index (χ0n) is 16.2. The summed E-state index contributed by atoms with van der Waals surface area (Å²) in [5.74, 6) is -0.486. The molecule has 150 valence electrons. The third-order valence-corrected chi connectivity index (χ3v) is 4.37. The van der Waals surface area contributed by atoms with Crippen molar-refractivity contribution in [1.82, 2.24) is 10.6 Å². The van der Waals surface area contributed by atoms with Crippen molar-refractivity contribution < 1.29 is 9.59 Å². The van der Waals surface area contributed by atoms with Crippen molar-refractivity contribution in [3.8, 4) is 0 Å². The molecule has 2 amide bonds. The van der Waals surface area contributed by atoms with E-state index < -0.39 is 0 Å². The Labute approximate surface area is 180 Å². The molecule has 0 bridgehead atoms. The van der Waals surface area contributed by atoms with E-state index in [0.717, 1.165) is 11.1 Å². The smallest absolute Gasteiger partial charge is 0.251 e. The number of hydrogen-bond donors (Lipinski definition) is 3. The van der Waals surface area contributed by atoms with Crippen LogP contribution in [0.5, 0.6) is 0 Å². The minimum atomic E-state index is -0.326. The SMILES string of the molecule is O=C(/C=C/c1ccccc1)NC(=S)Nc1ccc(C(=O)NCc2ccccc2)cc1. The Kier molecular flexibility index (Phi) is 7.46. The molecule has 0 heterocycles. The molecule has 0 fully saturated rings. The molecule has 0 aromatic heterocycles. The van der Waals surface area contributed by atoms with Gasteiger partial charge in [-0.1, -0.05) is 60.7 Å². The number of carbonyl (C=O) groups is 2. The fourth-order valence-corrected chi connectivity index (χ4v) is 2.86. The molecular weight excluding hydrogens is 394 g/mol. The van der Waals surface area contributed by atoms with Crippen molar-refractivity contribution in [2.75, 3.05) is 5.32 Å². The van der Waals surface area contributed by atoms with Gasteiger partial charge in [0, 0.05) is 23.9 Å². The summed E-state index contributed by atoms with van der Waals surface area (Å²) < 4.78 is 0. The van der Waals surface area contributed by atoms with E-state index in [1.807, 2.05) is 60.7 Å². The van der Waals surface area contributed by atoms with E-state index in [-0.39, 0.29) is 16.9 Å². The van der Waals surface area contributed by atoms with Crippen molar-refractivity contribution in [3.05, 3.63) is 108 Å². The van der Waals surface area contributed by atoms with E-state index in [4.69, 9.17) is 12.2 Å². The number of carbonyl (C=O) groups excluding carboxylic acids is 2. The lowest BCUT2D eigenvalue weighted by Crippen LogP contribution is -2.32. The van der Waals surface area contributed by atoms with Gasteiger partial charge in [-0.05, 0) is 53.7 Å². The van der Waals surface area contributed by atoms with Crippen LogP contribution in [0, 0.1) is 0 Å². The van der Waals surface area contributed by atoms with E-state index in [1.165, 1.54) is 6.08 Å². The molecule has 30 heavy (non-hydrogen) atoms. The fourth-order valence-electron chi connectivity index (χ4n) is 2.64. The topological polar surface area (TPSA) is 70.2 Å². The van der Waals surface area contributed by atoms with Gasteiger partial charge >= 0.3 is 0 Å². The molecule has 0 atom stereocenters. The molecule has 0 aliphatic carbocycles. The zero-order valence-corrected chi connectivity index (χ0v) is 17.0. The minimum Gasteiger partial charge on any atom is -0.348 e. The predicted octanol–water partition coefficient (Wildman–Crippen LogP) is 4.14. The first-order chi connectivity index (χ1) is 14.6. The van der Waals surface area contributed by atoms with Crippen LogP contribution < -0.4 is 16.0 Å². The largest absolute Gasteiger partial charge is 0.348 e. The zero-order chi connectivity index (χ0) is 21.2. The lowest BCUT2D eigenvalue weighted by atomic mass is 10.2. The molecule has 3 rings (SSSR count). The van der Waals surface area contributed by atoms with Crippen molar-refractivity contribution in [2.24, 2.45) is 0 Å². The maximum atomic E-state index is 12.3. The van der Waals surface area contributed by atoms with E-state index >= 15 is 0 Å². The second kappa shape index (κ2) is 10.7. The monoisotopic (exact) mass is 415 g/mol. The summed E-state index contributed by atoms with van der Waals surface area (Å²) >= 11 is 5.17. The number of benzene rings is 3. The molecular formula is C24H21N3O2S. The summed E-state index contributed by atoms with van der Waals surface area (Å²) in [7, 11) is 0. The normalized spacial score (nSPS) is 10.4.